The van der Waals surface area contributed by atoms with E-state index in [2.05, 4.69) is 14.8 Å². The summed E-state index contributed by atoms with van der Waals surface area (Å²) in [7, 11) is 0. The summed E-state index contributed by atoms with van der Waals surface area (Å²) < 4.78 is 24.8. The molecule has 0 amide bonds. The van der Waals surface area contributed by atoms with E-state index in [-0.39, 0.29) is 5.92 Å². The first-order chi connectivity index (χ1) is 11.6. The largest absolute Gasteiger partial charge is 0.461 e. The first-order valence-electron chi connectivity index (χ1n) is 7.34. The zero-order valence-corrected chi connectivity index (χ0v) is 14.0. The summed E-state index contributed by atoms with van der Waals surface area (Å²) in [5, 5.41) is 9.21. The molecule has 4 rings (SSSR count). The van der Waals surface area contributed by atoms with Crippen molar-refractivity contribution >= 4 is 35.4 Å². The molecule has 1 aromatic rings. The van der Waals surface area contributed by atoms with Crippen molar-refractivity contribution in [2.75, 3.05) is 18.8 Å². The third kappa shape index (κ3) is 2.33. The number of carbonyl (C=O) groups is 2. The molecule has 1 spiro atoms. The van der Waals surface area contributed by atoms with Gasteiger partial charge in [0.15, 0.2) is 11.1 Å². The van der Waals surface area contributed by atoms with Gasteiger partial charge in [0, 0.05) is 31.2 Å². The monoisotopic (exact) mass is 368 g/mol. The Labute approximate surface area is 145 Å². The van der Waals surface area contributed by atoms with E-state index >= 15 is 0 Å². The number of hydrogen-bond acceptors (Lipinski definition) is 11. The van der Waals surface area contributed by atoms with Crippen LogP contribution in [0, 0.1) is 17.2 Å². The third-order valence-electron chi connectivity index (χ3n) is 4.22. The van der Waals surface area contributed by atoms with Gasteiger partial charge < -0.3 is 14.2 Å². The Morgan fingerprint density at radius 3 is 2.96 bits per heavy atom. The number of nitrogens with zero attached hydrogens (tertiary/aromatic N) is 4. The minimum atomic E-state index is -1.49. The lowest BCUT2D eigenvalue weighted by Gasteiger charge is -2.36. The van der Waals surface area contributed by atoms with Gasteiger partial charge in [-0.3, -0.25) is 0 Å². The van der Waals surface area contributed by atoms with Crippen LogP contribution in [0.5, 0.6) is 5.88 Å². The number of carbonyl (C=O) groups excluding carboxylic acids is 2. The number of nitriles is 1. The Hall–Kier alpha value is -1.90. The van der Waals surface area contributed by atoms with E-state index in [4.69, 9.17) is 19.5 Å². The van der Waals surface area contributed by atoms with Crippen molar-refractivity contribution in [3.05, 3.63) is 0 Å². The molecule has 9 nitrogen and oxygen atoms in total. The zero-order valence-electron chi connectivity index (χ0n) is 12.3. The Kier molecular flexibility index (Phi) is 3.82. The molecule has 126 valence electrons. The van der Waals surface area contributed by atoms with Gasteiger partial charge in [-0.15, -0.1) is 4.37 Å². The molecule has 0 aromatic carbocycles. The van der Waals surface area contributed by atoms with Crippen LogP contribution < -0.4 is 4.74 Å². The topological polar surface area (TPSA) is 115 Å². The Morgan fingerprint density at radius 2 is 2.21 bits per heavy atom. The molecular formula is C13H12N4O5S2. The summed E-state index contributed by atoms with van der Waals surface area (Å²) in [5.74, 6) is -2.53. The van der Waals surface area contributed by atoms with Crippen LogP contribution in [0.3, 0.4) is 0 Å². The Balaban J connectivity index is 1.56. The lowest BCUT2D eigenvalue weighted by atomic mass is 9.99. The molecular weight excluding hydrogens is 356 g/mol. The highest BCUT2D eigenvalue weighted by Crippen LogP contribution is 2.47. The molecule has 3 aliphatic rings. The highest BCUT2D eigenvalue weighted by molar-refractivity contribution is 7.99. The molecule has 11 heteroatoms. The smallest absolute Gasteiger partial charge is 0.422 e. The normalized spacial score (nSPS) is 29.5. The lowest BCUT2D eigenvalue weighted by Crippen LogP contribution is -2.57. The zero-order chi connectivity index (χ0) is 16.7. The fourth-order valence-electron chi connectivity index (χ4n) is 3.23. The molecule has 3 saturated heterocycles. The number of aromatic nitrogens is 2. The maximum atomic E-state index is 11.6. The highest BCUT2D eigenvalue weighted by atomic mass is 32.2. The van der Waals surface area contributed by atoms with Gasteiger partial charge in [0.1, 0.15) is 0 Å². The highest BCUT2D eigenvalue weighted by Gasteiger charge is 2.69. The third-order valence-corrected chi connectivity index (χ3v) is 5.79. The second-order valence-corrected chi connectivity index (χ2v) is 7.19. The molecule has 24 heavy (non-hydrogen) atoms. The quantitative estimate of drug-likeness (QED) is 0.313. The number of thioether (sulfide) groups is 1. The van der Waals surface area contributed by atoms with E-state index in [1.54, 1.807) is 0 Å². The van der Waals surface area contributed by atoms with Gasteiger partial charge in [-0.2, -0.15) is 9.64 Å². The Bertz CT molecular complexity index is 716. The van der Waals surface area contributed by atoms with Crippen LogP contribution in [0.15, 0.2) is 5.03 Å². The summed E-state index contributed by atoms with van der Waals surface area (Å²) in [6.45, 7) is 1.30. The maximum Gasteiger partial charge on any atom is 0.422 e. The average Bonchev–Trinajstić information content (AvgIpc) is 3.29. The first kappa shape index (κ1) is 15.6. The molecule has 0 radical (unpaired) electrons. The van der Waals surface area contributed by atoms with Gasteiger partial charge in [-0.05, 0) is 6.42 Å². The van der Waals surface area contributed by atoms with Gasteiger partial charge in [-0.25, -0.2) is 14.5 Å². The predicted molar refractivity (Wildman–Crippen MR) is 79.9 cm³/mol. The summed E-state index contributed by atoms with van der Waals surface area (Å²) in [4.78, 5) is 24.9. The lowest BCUT2D eigenvalue weighted by molar-refractivity contribution is -0.273. The molecule has 0 saturated carbocycles. The average molecular weight is 368 g/mol. The second kappa shape index (κ2) is 5.87. The molecule has 3 atom stereocenters. The molecule has 3 aliphatic heterocycles. The Morgan fingerprint density at radius 1 is 1.42 bits per heavy atom. The van der Waals surface area contributed by atoms with Crippen LogP contribution in [0.1, 0.15) is 12.8 Å². The van der Waals surface area contributed by atoms with E-state index in [9.17, 15) is 9.59 Å². The van der Waals surface area contributed by atoms with Gasteiger partial charge in [0.05, 0.1) is 17.8 Å². The van der Waals surface area contributed by atoms with Crippen LogP contribution >= 0.6 is 23.5 Å². The van der Waals surface area contributed by atoms with E-state index in [1.165, 1.54) is 11.8 Å². The molecule has 3 fully saturated rings. The molecule has 2 bridgehead atoms. The van der Waals surface area contributed by atoms with Crippen LogP contribution in [0.25, 0.3) is 0 Å². The minimum absolute atomic E-state index is 0.0716. The standard InChI is InChI=1S/C13H12N4O5S2/c14-3-1-5-23-10-9(15-24-16-10)20-8-7-2-4-17(6-7)13(8)21-11(18)12(19)22-13/h7-8H,1-2,4-6H2. The van der Waals surface area contributed by atoms with Crippen molar-refractivity contribution < 1.29 is 23.8 Å². The van der Waals surface area contributed by atoms with Gasteiger partial charge in [0.25, 0.3) is 5.88 Å². The van der Waals surface area contributed by atoms with E-state index in [0.29, 0.717) is 36.2 Å². The van der Waals surface area contributed by atoms with Gasteiger partial charge in [0.2, 0.25) is 0 Å². The van der Waals surface area contributed by atoms with Crippen LogP contribution in [-0.4, -0.2) is 56.4 Å². The van der Waals surface area contributed by atoms with Gasteiger partial charge >= 0.3 is 17.8 Å². The summed E-state index contributed by atoms with van der Waals surface area (Å²) in [6.07, 6.45) is 0.609. The number of rotatable bonds is 5. The van der Waals surface area contributed by atoms with E-state index in [0.717, 1.165) is 18.1 Å². The van der Waals surface area contributed by atoms with Crippen molar-refractivity contribution in [1.29, 1.82) is 5.26 Å². The number of hydrogen-bond donors (Lipinski definition) is 0. The SMILES string of the molecule is N#CCCSc1nsnc1OC1C2CCN(C2)C12OC(=O)C(=O)O2. The molecule has 0 aliphatic carbocycles. The van der Waals surface area contributed by atoms with Crippen LogP contribution in [0.4, 0.5) is 0 Å². The number of piperidine rings is 1. The van der Waals surface area contributed by atoms with Gasteiger partial charge in [-0.1, -0.05) is 11.8 Å². The van der Waals surface area contributed by atoms with Crippen molar-refractivity contribution in [2.24, 2.45) is 5.92 Å². The molecule has 4 heterocycles. The summed E-state index contributed by atoms with van der Waals surface area (Å²) in [6, 6.07) is 2.07. The summed E-state index contributed by atoms with van der Waals surface area (Å²) in [5.41, 5.74) is 0. The summed E-state index contributed by atoms with van der Waals surface area (Å²) >= 11 is 2.38. The van der Waals surface area contributed by atoms with Crippen LogP contribution in [0.2, 0.25) is 0 Å². The van der Waals surface area contributed by atoms with Crippen molar-refractivity contribution in [2.45, 2.75) is 29.9 Å². The fourth-order valence-corrected chi connectivity index (χ4v) is 4.60. The van der Waals surface area contributed by atoms with Crippen LogP contribution in [-0.2, 0) is 19.1 Å². The van der Waals surface area contributed by atoms with Crippen molar-refractivity contribution in [3.63, 3.8) is 0 Å². The first-order valence-corrected chi connectivity index (χ1v) is 9.06. The minimum Gasteiger partial charge on any atom is -0.461 e. The number of fused-ring (bicyclic) bond motifs is 3. The molecule has 3 unspecified atom stereocenters. The number of esters is 2. The van der Waals surface area contributed by atoms with E-state index in [1.807, 2.05) is 4.90 Å². The van der Waals surface area contributed by atoms with E-state index < -0.39 is 24.0 Å². The van der Waals surface area contributed by atoms with Crippen molar-refractivity contribution in [3.8, 4) is 11.9 Å². The fraction of sp³-hybridized carbons (Fsp3) is 0.615. The number of ether oxygens (including phenoxy) is 3. The predicted octanol–water partition coefficient (Wildman–Crippen LogP) is 0.381. The maximum absolute atomic E-state index is 11.6. The second-order valence-electron chi connectivity index (χ2n) is 5.57. The molecule has 1 aromatic heterocycles. The molecule has 0 N–H and O–H groups in total. The van der Waals surface area contributed by atoms with Crippen molar-refractivity contribution in [1.82, 2.24) is 13.6 Å².